The normalized spacial score (nSPS) is 19.0. The van der Waals surface area contributed by atoms with Crippen molar-refractivity contribution < 1.29 is 19.1 Å². The average Bonchev–Trinajstić information content (AvgIpc) is 3.20. The fraction of sp³-hybridized carbons (Fsp3) is 0.231. The van der Waals surface area contributed by atoms with Gasteiger partial charge in [0.25, 0.3) is 0 Å². The van der Waals surface area contributed by atoms with Crippen LogP contribution in [0, 0.1) is 11.2 Å². The molecule has 0 amide bonds. The van der Waals surface area contributed by atoms with Crippen molar-refractivity contribution in [2.24, 2.45) is 5.41 Å². The van der Waals surface area contributed by atoms with E-state index < -0.39 is 11.9 Å². The number of ketones is 1. The number of hydrogen-bond acceptors (Lipinski definition) is 5. The van der Waals surface area contributed by atoms with E-state index in [2.05, 4.69) is 20.5 Å². The van der Waals surface area contributed by atoms with Gasteiger partial charge in [0.05, 0.1) is 5.69 Å². The van der Waals surface area contributed by atoms with E-state index in [-0.39, 0.29) is 22.7 Å². The van der Waals surface area contributed by atoms with Gasteiger partial charge in [0, 0.05) is 40.9 Å². The number of pyridine rings is 1. The number of carbonyl (C=O) groups excluding carboxylic acids is 1. The fourth-order valence-electron chi connectivity index (χ4n) is 4.74. The molecule has 5 rings (SSSR count). The standard InChI is InChI=1S/C26H23FN4O3/c1-26(2)11-19-21(20(32)12-26)18(22-23(25(33)34)30-31-24(22)29-19)9-8-17-7-6-15(13-28-17)14-4-3-5-16(27)10-14/h3-10,13,18H,11-12H2,1-2H3,(H,33,34)(H2,29,30,31)/b9-8+. The highest BCUT2D eigenvalue weighted by Crippen LogP contribution is 2.47. The zero-order valence-electron chi connectivity index (χ0n) is 18.7. The number of carboxylic acid groups (broad SMARTS) is 1. The van der Waals surface area contributed by atoms with Gasteiger partial charge in [0.1, 0.15) is 11.6 Å². The van der Waals surface area contributed by atoms with Crippen molar-refractivity contribution in [2.45, 2.75) is 32.6 Å². The van der Waals surface area contributed by atoms with Crippen LogP contribution in [0.5, 0.6) is 0 Å². The fourth-order valence-corrected chi connectivity index (χ4v) is 4.74. The van der Waals surface area contributed by atoms with Gasteiger partial charge in [-0.2, -0.15) is 5.10 Å². The maximum atomic E-state index is 13.5. The Kier molecular flexibility index (Phi) is 5.16. The smallest absolute Gasteiger partial charge is 0.356 e. The van der Waals surface area contributed by atoms with Crippen LogP contribution in [0.3, 0.4) is 0 Å². The van der Waals surface area contributed by atoms with Crippen molar-refractivity contribution in [1.82, 2.24) is 15.2 Å². The molecule has 1 atom stereocenters. The number of halogens is 1. The summed E-state index contributed by atoms with van der Waals surface area (Å²) in [5.74, 6) is -1.56. The molecule has 3 heterocycles. The maximum absolute atomic E-state index is 13.5. The third-order valence-electron chi connectivity index (χ3n) is 6.23. The molecule has 0 bridgehead atoms. The lowest BCUT2D eigenvalue weighted by molar-refractivity contribution is -0.118. The molecular formula is C26H23FN4O3. The van der Waals surface area contributed by atoms with E-state index >= 15 is 0 Å². The third kappa shape index (κ3) is 3.91. The summed E-state index contributed by atoms with van der Waals surface area (Å²) in [4.78, 5) is 29.4. The van der Waals surface area contributed by atoms with Crippen molar-refractivity contribution >= 4 is 23.6 Å². The molecule has 1 aromatic carbocycles. The van der Waals surface area contributed by atoms with E-state index in [0.29, 0.717) is 35.5 Å². The first-order valence-corrected chi connectivity index (χ1v) is 11.0. The van der Waals surface area contributed by atoms with E-state index in [1.165, 1.54) is 12.1 Å². The average molecular weight is 458 g/mol. The summed E-state index contributed by atoms with van der Waals surface area (Å²) in [7, 11) is 0. The van der Waals surface area contributed by atoms with E-state index in [1.54, 1.807) is 30.5 Å². The summed E-state index contributed by atoms with van der Waals surface area (Å²) in [6.45, 7) is 4.08. The minimum Gasteiger partial charge on any atom is -0.476 e. The molecule has 2 aromatic heterocycles. The molecule has 3 N–H and O–H groups in total. The van der Waals surface area contributed by atoms with Gasteiger partial charge in [-0.25, -0.2) is 9.18 Å². The Morgan fingerprint density at radius 2 is 2.03 bits per heavy atom. The molecule has 7 nitrogen and oxygen atoms in total. The predicted octanol–water partition coefficient (Wildman–Crippen LogP) is 5.17. The van der Waals surface area contributed by atoms with Crippen LogP contribution in [-0.2, 0) is 4.79 Å². The first-order valence-electron chi connectivity index (χ1n) is 11.0. The van der Waals surface area contributed by atoms with Crippen molar-refractivity contribution in [3.05, 3.63) is 82.7 Å². The SMILES string of the molecule is CC1(C)CC(=O)C2=C(C1)Nc1[nH]nc(C(=O)O)c1C2/C=C/c1ccc(-c2cccc(F)c2)cn1. The van der Waals surface area contributed by atoms with Gasteiger partial charge >= 0.3 is 5.97 Å². The summed E-state index contributed by atoms with van der Waals surface area (Å²) in [6.07, 6.45) is 6.28. The molecule has 0 radical (unpaired) electrons. The number of aromatic carboxylic acids is 1. The Morgan fingerprint density at radius 1 is 1.21 bits per heavy atom. The number of rotatable bonds is 4. The van der Waals surface area contributed by atoms with Crippen LogP contribution in [0.25, 0.3) is 17.2 Å². The number of benzene rings is 1. The highest BCUT2D eigenvalue weighted by molar-refractivity contribution is 6.02. The number of carboxylic acids is 1. The van der Waals surface area contributed by atoms with Crippen molar-refractivity contribution in [2.75, 3.05) is 5.32 Å². The number of aromatic amines is 1. The van der Waals surface area contributed by atoms with Crippen LogP contribution in [0.2, 0.25) is 0 Å². The molecule has 1 aliphatic carbocycles. The second-order valence-electron chi connectivity index (χ2n) is 9.44. The van der Waals surface area contributed by atoms with Gasteiger partial charge in [-0.05, 0) is 41.7 Å². The van der Waals surface area contributed by atoms with Crippen LogP contribution in [-0.4, -0.2) is 32.0 Å². The Balaban J connectivity index is 1.52. The van der Waals surface area contributed by atoms with Crippen LogP contribution < -0.4 is 5.32 Å². The lowest BCUT2D eigenvalue weighted by Gasteiger charge is -2.37. The van der Waals surface area contributed by atoms with E-state index in [0.717, 1.165) is 16.8 Å². The lowest BCUT2D eigenvalue weighted by Crippen LogP contribution is -2.33. The summed E-state index contributed by atoms with van der Waals surface area (Å²) < 4.78 is 13.5. The maximum Gasteiger partial charge on any atom is 0.356 e. The van der Waals surface area contributed by atoms with Gasteiger partial charge in [-0.1, -0.05) is 38.1 Å². The highest BCUT2D eigenvalue weighted by atomic mass is 19.1. The molecule has 34 heavy (non-hydrogen) atoms. The van der Waals surface area contributed by atoms with Crippen molar-refractivity contribution in [1.29, 1.82) is 0 Å². The molecule has 8 heteroatoms. The van der Waals surface area contributed by atoms with Gasteiger partial charge < -0.3 is 10.4 Å². The number of anilines is 1. The van der Waals surface area contributed by atoms with Crippen LogP contribution in [0.15, 0.2) is 59.9 Å². The van der Waals surface area contributed by atoms with Gasteiger partial charge in [-0.15, -0.1) is 0 Å². The molecule has 0 spiro atoms. The quantitative estimate of drug-likeness (QED) is 0.498. The van der Waals surface area contributed by atoms with Crippen molar-refractivity contribution in [3.8, 4) is 11.1 Å². The highest BCUT2D eigenvalue weighted by Gasteiger charge is 2.41. The first-order chi connectivity index (χ1) is 16.2. The molecule has 0 fully saturated rings. The monoisotopic (exact) mass is 458 g/mol. The number of carbonyl (C=O) groups is 2. The van der Waals surface area contributed by atoms with Crippen LogP contribution in [0.1, 0.15) is 54.4 Å². The number of nitrogens with zero attached hydrogens (tertiary/aromatic N) is 2. The number of nitrogens with one attached hydrogen (secondary N) is 2. The summed E-state index contributed by atoms with van der Waals surface area (Å²) in [5, 5.41) is 19.6. The number of fused-ring (bicyclic) bond motifs is 1. The second kappa shape index (κ2) is 8.06. The van der Waals surface area contributed by atoms with Gasteiger partial charge in [-0.3, -0.25) is 14.9 Å². The Hall–Kier alpha value is -4.07. The molecule has 2 aliphatic rings. The predicted molar refractivity (Wildman–Crippen MR) is 126 cm³/mol. The molecule has 1 unspecified atom stereocenters. The lowest BCUT2D eigenvalue weighted by atomic mass is 9.70. The Morgan fingerprint density at radius 3 is 2.74 bits per heavy atom. The van der Waals surface area contributed by atoms with Gasteiger partial charge in [0.15, 0.2) is 11.5 Å². The summed E-state index contributed by atoms with van der Waals surface area (Å²) in [6, 6.07) is 9.93. The molecule has 0 saturated heterocycles. The van der Waals surface area contributed by atoms with Crippen LogP contribution in [0.4, 0.5) is 10.2 Å². The minimum absolute atomic E-state index is 0.00833. The second-order valence-corrected chi connectivity index (χ2v) is 9.44. The first kappa shape index (κ1) is 21.8. The van der Waals surface area contributed by atoms with Gasteiger partial charge in [0.2, 0.25) is 0 Å². The van der Waals surface area contributed by atoms with E-state index in [1.807, 2.05) is 26.0 Å². The number of aromatic nitrogens is 3. The molecule has 0 saturated carbocycles. The summed E-state index contributed by atoms with van der Waals surface area (Å²) in [5.41, 5.74) is 3.62. The van der Waals surface area contributed by atoms with E-state index in [4.69, 9.17) is 0 Å². The number of allylic oxidation sites excluding steroid dienone is 3. The Labute approximate surface area is 195 Å². The number of Topliss-reactive ketones (excluding diaryl/α,β-unsaturated/α-hetero) is 1. The summed E-state index contributed by atoms with van der Waals surface area (Å²) >= 11 is 0. The topological polar surface area (TPSA) is 108 Å². The number of H-pyrrole nitrogens is 1. The molecule has 172 valence electrons. The number of hydrogen-bond donors (Lipinski definition) is 3. The zero-order valence-corrected chi connectivity index (χ0v) is 18.7. The van der Waals surface area contributed by atoms with Crippen LogP contribution >= 0.6 is 0 Å². The molecule has 3 aromatic rings. The zero-order chi connectivity index (χ0) is 24.0. The molecular weight excluding hydrogens is 435 g/mol. The van der Waals surface area contributed by atoms with E-state index in [9.17, 15) is 19.1 Å². The van der Waals surface area contributed by atoms with Crippen molar-refractivity contribution in [3.63, 3.8) is 0 Å². The Bertz CT molecular complexity index is 1370. The third-order valence-corrected chi connectivity index (χ3v) is 6.23. The molecule has 1 aliphatic heterocycles. The largest absolute Gasteiger partial charge is 0.476 e. The minimum atomic E-state index is -1.16.